The average molecular weight is 300 g/mol. The van der Waals surface area contributed by atoms with Crippen molar-refractivity contribution in [2.45, 2.75) is 19.4 Å². The van der Waals surface area contributed by atoms with Crippen LogP contribution >= 0.6 is 34.5 Å². The molecule has 0 bridgehead atoms. The van der Waals surface area contributed by atoms with Crippen molar-refractivity contribution in [1.82, 2.24) is 5.32 Å². The number of hydrogen-bond donors (Lipinski definition) is 1. The molecule has 0 aliphatic carbocycles. The lowest BCUT2D eigenvalue weighted by Crippen LogP contribution is -2.23. The average Bonchev–Trinajstić information content (AvgIpc) is 2.88. The highest BCUT2D eigenvalue weighted by atomic mass is 35.5. The normalized spacial score (nSPS) is 12.6. The van der Waals surface area contributed by atoms with E-state index < -0.39 is 0 Å². The topological polar surface area (TPSA) is 12.0 Å². The first-order valence-corrected chi connectivity index (χ1v) is 7.62. The molecule has 2 rings (SSSR count). The molecule has 1 aromatic carbocycles. The molecule has 0 saturated carbocycles. The van der Waals surface area contributed by atoms with Gasteiger partial charge in [-0.25, -0.2) is 0 Å². The zero-order valence-electron chi connectivity index (χ0n) is 10.1. The number of halogens is 2. The first-order valence-electron chi connectivity index (χ1n) is 5.92. The molecule has 0 fully saturated rings. The highest BCUT2D eigenvalue weighted by Crippen LogP contribution is 2.31. The molecule has 0 spiro atoms. The van der Waals surface area contributed by atoms with E-state index in [4.69, 9.17) is 23.2 Å². The van der Waals surface area contributed by atoms with Gasteiger partial charge in [-0.1, -0.05) is 30.1 Å². The third-order valence-electron chi connectivity index (χ3n) is 2.74. The van der Waals surface area contributed by atoms with E-state index in [-0.39, 0.29) is 6.04 Å². The van der Waals surface area contributed by atoms with Crippen LogP contribution in [0.25, 0.3) is 0 Å². The minimum atomic E-state index is 0.113. The molecule has 1 nitrogen and oxygen atoms in total. The molecule has 1 atom stereocenters. The zero-order valence-corrected chi connectivity index (χ0v) is 12.4. The molecule has 0 aliphatic heterocycles. The highest BCUT2D eigenvalue weighted by Gasteiger charge is 2.17. The lowest BCUT2D eigenvalue weighted by Gasteiger charge is -2.19. The molecule has 1 aromatic heterocycles. The molecule has 18 heavy (non-hydrogen) atoms. The third kappa shape index (κ3) is 3.27. The summed E-state index contributed by atoms with van der Waals surface area (Å²) in [5.74, 6) is 0. The smallest absolute Gasteiger partial charge is 0.0600 e. The van der Waals surface area contributed by atoms with Gasteiger partial charge in [0, 0.05) is 10.0 Å². The lowest BCUT2D eigenvalue weighted by atomic mass is 10.0. The monoisotopic (exact) mass is 299 g/mol. The van der Waals surface area contributed by atoms with E-state index >= 15 is 0 Å². The molecule has 0 aliphatic rings. The van der Waals surface area contributed by atoms with Gasteiger partial charge >= 0.3 is 0 Å². The van der Waals surface area contributed by atoms with Gasteiger partial charge in [0.2, 0.25) is 0 Å². The Morgan fingerprint density at radius 2 is 2.11 bits per heavy atom. The van der Waals surface area contributed by atoms with Crippen LogP contribution in [0.3, 0.4) is 0 Å². The van der Waals surface area contributed by atoms with Crippen LogP contribution in [-0.4, -0.2) is 6.54 Å². The summed E-state index contributed by atoms with van der Waals surface area (Å²) in [4.78, 5) is 0. The predicted octanol–water partition coefficient (Wildman–Crippen LogP) is 5.14. The summed E-state index contributed by atoms with van der Waals surface area (Å²) in [6.45, 7) is 3.10. The largest absolute Gasteiger partial charge is 0.306 e. The minimum Gasteiger partial charge on any atom is -0.306 e. The van der Waals surface area contributed by atoms with Crippen molar-refractivity contribution in [1.29, 1.82) is 0 Å². The summed E-state index contributed by atoms with van der Waals surface area (Å²) in [6, 6.07) is 7.84. The van der Waals surface area contributed by atoms with Gasteiger partial charge < -0.3 is 5.32 Å². The first-order chi connectivity index (χ1) is 8.72. The Hall–Kier alpha value is -0.540. The van der Waals surface area contributed by atoms with Crippen molar-refractivity contribution in [2.75, 3.05) is 6.54 Å². The van der Waals surface area contributed by atoms with Gasteiger partial charge in [0.05, 0.1) is 6.04 Å². The Kier molecular flexibility index (Phi) is 5.07. The first kappa shape index (κ1) is 13.9. The fraction of sp³-hybridized carbons (Fsp3) is 0.286. The summed E-state index contributed by atoms with van der Waals surface area (Å²) in [7, 11) is 0. The fourth-order valence-corrected chi connectivity index (χ4v) is 2.96. The summed E-state index contributed by atoms with van der Waals surface area (Å²) in [5, 5.41) is 9.21. The van der Waals surface area contributed by atoms with Crippen molar-refractivity contribution >= 4 is 34.5 Å². The molecule has 1 heterocycles. The Morgan fingerprint density at radius 3 is 2.78 bits per heavy atom. The predicted molar refractivity (Wildman–Crippen MR) is 80.9 cm³/mol. The summed E-state index contributed by atoms with van der Waals surface area (Å²) in [5.41, 5.74) is 2.27. The Morgan fingerprint density at radius 1 is 1.28 bits per heavy atom. The van der Waals surface area contributed by atoms with Crippen molar-refractivity contribution in [3.63, 3.8) is 0 Å². The number of hydrogen-bond acceptors (Lipinski definition) is 2. The van der Waals surface area contributed by atoms with Gasteiger partial charge in [0.15, 0.2) is 0 Å². The van der Waals surface area contributed by atoms with Crippen LogP contribution in [0.2, 0.25) is 10.0 Å². The standard InChI is InChI=1S/C14H15Cl2NS/c1-2-6-17-14(10-5-7-18-9-10)12-8-11(15)3-4-13(12)16/h3-5,7-9,14,17H,2,6H2,1H3. The number of benzene rings is 1. The summed E-state index contributed by atoms with van der Waals surface area (Å²) < 4.78 is 0. The van der Waals surface area contributed by atoms with Crippen LogP contribution in [0.15, 0.2) is 35.0 Å². The van der Waals surface area contributed by atoms with E-state index in [1.165, 1.54) is 5.56 Å². The molecule has 96 valence electrons. The second kappa shape index (κ2) is 6.58. The van der Waals surface area contributed by atoms with E-state index in [1.54, 1.807) is 11.3 Å². The Bertz CT molecular complexity index is 497. The number of rotatable bonds is 5. The van der Waals surface area contributed by atoms with Crippen LogP contribution in [0.5, 0.6) is 0 Å². The van der Waals surface area contributed by atoms with Gasteiger partial charge in [-0.3, -0.25) is 0 Å². The molecule has 0 radical (unpaired) electrons. The summed E-state index contributed by atoms with van der Waals surface area (Å²) >= 11 is 14.1. The SMILES string of the molecule is CCCNC(c1ccsc1)c1cc(Cl)ccc1Cl. The van der Waals surface area contributed by atoms with E-state index in [1.807, 2.05) is 18.2 Å². The Labute approximate surface area is 122 Å². The van der Waals surface area contributed by atoms with Gasteiger partial charge in [-0.15, -0.1) is 0 Å². The van der Waals surface area contributed by atoms with Crippen molar-refractivity contribution in [3.8, 4) is 0 Å². The van der Waals surface area contributed by atoms with E-state index in [0.717, 1.165) is 23.6 Å². The van der Waals surface area contributed by atoms with E-state index in [0.29, 0.717) is 5.02 Å². The van der Waals surface area contributed by atoms with Crippen LogP contribution in [0, 0.1) is 0 Å². The molecular weight excluding hydrogens is 285 g/mol. The lowest BCUT2D eigenvalue weighted by molar-refractivity contribution is 0.600. The minimum absolute atomic E-state index is 0.113. The molecule has 2 aromatic rings. The highest BCUT2D eigenvalue weighted by molar-refractivity contribution is 7.08. The maximum absolute atomic E-state index is 6.29. The molecule has 4 heteroatoms. The van der Waals surface area contributed by atoms with Crippen molar-refractivity contribution < 1.29 is 0 Å². The maximum Gasteiger partial charge on any atom is 0.0600 e. The van der Waals surface area contributed by atoms with Crippen LogP contribution < -0.4 is 5.32 Å². The van der Waals surface area contributed by atoms with Gasteiger partial charge in [-0.05, 0) is 59.1 Å². The number of nitrogens with one attached hydrogen (secondary N) is 1. The molecule has 1 unspecified atom stereocenters. The van der Waals surface area contributed by atoms with Crippen LogP contribution in [0.1, 0.15) is 30.5 Å². The second-order valence-electron chi connectivity index (χ2n) is 4.11. The summed E-state index contributed by atoms with van der Waals surface area (Å²) in [6.07, 6.45) is 1.08. The molecular formula is C14H15Cl2NS. The van der Waals surface area contributed by atoms with E-state index in [2.05, 4.69) is 29.1 Å². The Balaban J connectivity index is 2.36. The van der Waals surface area contributed by atoms with Gasteiger partial charge in [0.25, 0.3) is 0 Å². The van der Waals surface area contributed by atoms with Crippen molar-refractivity contribution in [3.05, 3.63) is 56.2 Å². The molecule has 0 amide bonds. The zero-order chi connectivity index (χ0) is 13.0. The van der Waals surface area contributed by atoms with Crippen LogP contribution in [-0.2, 0) is 0 Å². The second-order valence-corrected chi connectivity index (χ2v) is 5.73. The van der Waals surface area contributed by atoms with Gasteiger partial charge in [-0.2, -0.15) is 11.3 Å². The van der Waals surface area contributed by atoms with Crippen LogP contribution in [0.4, 0.5) is 0 Å². The quantitative estimate of drug-likeness (QED) is 0.805. The fourth-order valence-electron chi connectivity index (χ4n) is 1.87. The molecule has 0 saturated heterocycles. The molecule has 1 N–H and O–H groups in total. The van der Waals surface area contributed by atoms with E-state index in [9.17, 15) is 0 Å². The van der Waals surface area contributed by atoms with Gasteiger partial charge in [0.1, 0.15) is 0 Å². The maximum atomic E-state index is 6.29. The number of thiophene rings is 1. The third-order valence-corrected chi connectivity index (χ3v) is 4.02. The van der Waals surface area contributed by atoms with Crippen molar-refractivity contribution in [2.24, 2.45) is 0 Å².